The van der Waals surface area contributed by atoms with Gasteiger partial charge in [-0.05, 0) is 6.07 Å². The Morgan fingerprint density at radius 3 is 2.68 bits per heavy atom. The number of nitrogens with zero attached hydrogens (tertiary/aromatic N) is 3. The molecular formula is C14H11N3O5. The molecule has 2 N–H and O–H groups in total. The SMILES string of the molecule is COc1cc(O)c(-n2cc3cc([N+](=O)[O-])ccc3n2)cc1O. The molecule has 1 heterocycles. The summed E-state index contributed by atoms with van der Waals surface area (Å²) < 4.78 is 6.24. The lowest BCUT2D eigenvalue weighted by Gasteiger charge is -2.08. The maximum Gasteiger partial charge on any atom is 0.270 e. The number of phenols is 2. The average Bonchev–Trinajstić information content (AvgIpc) is 2.91. The third kappa shape index (κ3) is 2.16. The van der Waals surface area contributed by atoms with Gasteiger partial charge in [-0.1, -0.05) is 0 Å². The number of nitro groups is 1. The Hall–Kier alpha value is -3.29. The first-order valence-electron chi connectivity index (χ1n) is 6.24. The van der Waals surface area contributed by atoms with Crippen LogP contribution in [0, 0.1) is 10.1 Å². The van der Waals surface area contributed by atoms with Gasteiger partial charge in [-0.25, -0.2) is 4.68 Å². The van der Waals surface area contributed by atoms with Gasteiger partial charge in [-0.2, -0.15) is 5.10 Å². The molecule has 3 rings (SSSR count). The highest BCUT2D eigenvalue weighted by Crippen LogP contribution is 2.35. The second kappa shape index (κ2) is 4.92. The van der Waals surface area contributed by atoms with E-state index >= 15 is 0 Å². The number of methoxy groups -OCH3 is 1. The predicted octanol–water partition coefficient (Wildman–Crippen LogP) is 2.35. The molecule has 0 amide bonds. The van der Waals surface area contributed by atoms with Gasteiger partial charge in [0.25, 0.3) is 5.69 Å². The third-order valence-electron chi connectivity index (χ3n) is 3.22. The largest absolute Gasteiger partial charge is 0.506 e. The summed E-state index contributed by atoms with van der Waals surface area (Å²) in [5.41, 5.74) is 0.714. The normalized spacial score (nSPS) is 10.8. The highest BCUT2D eigenvalue weighted by molar-refractivity contribution is 5.81. The first kappa shape index (κ1) is 13.7. The number of hydrogen-bond acceptors (Lipinski definition) is 6. The molecule has 22 heavy (non-hydrogen) atoms. The molecule has 2 aromatic carbocycles. The third-order valence-corrected chi connectivity index (χ3v) is 3.22. The molecule has 0 bridgehead atoms. The zero-order valence-corrected chi connectivity index (χ0v) is 11.4. The molecule has 0 unspecified atom stereocenters. The summed E-state index contributed by atoms with van der Waals surface area (Å²) in [5, 5.41) is 35.4. The van der Waals surface area contributed by atoms with E-state index in [1.807, 2.05) is 0 Å². The van der Waals surface area contributed by atoms with Crippen molar-refractivity contribution < 1.29 is 19.9 Å². The minimum absolute atomic E-state index is 0.0474. The van der Waals surface area contributed by atoms with E-state index in [4.69, 9.17) is 4.74 Å². The fraction of sp³-hybridized carbons (Fsp3) is 0.0714. The Labute approximate surface area is 123 Å². The Morgan fingerprint density at radius 2 is 2.00 bits per heavy atom. The molecule has 0 radical (unpaired) electrons. The van der Waals surface area contributed by atoms with Gasteiger partial charge < -0.3 is 14.9 Å². The van der Waals surface area contributed by atoms with Gasteiger partial charge in [0, 0.05) is 35.8 Å². The summed E-state index contributed by atoms with van der Waals surface area (Å²) in [5.74, 6) is -0.161. The van der Waals surface area contributed by atoms with E-state index in [9.17, 15) is 20.3 Å². The van der Waals surface area contributed by atoms with E-state index in [1.54, 1.807) is 0 Å². The van der Waals surface area contributed by atoms with E-state index in [-0.39, 0.29) is 28.6 Å². The average molecular weight is 301 g/mol. The molecule has 3 aromatic rings. The van der Waals surface area contributed by atoms with Crippen LogP contribution >= 0.6 is 0 Å². The van der Waals surface area contributed by atoms with Crippen molar-refractivity contribution in [3.05, 3.63) is 46.6 Å². The Kier molecular flexibility index (Phi) is 3.06. The lowest BCUT2D eigenvalue weighted by molar-refractivity contribution is -0.384. The highest BCUT2D eigenvalue weighted by Gasteiger charge is 2.14. The molecule has 0 saturated carbocycles. The van der Waals surface area contributed by atoms with Gasteiger partial charge in [-0.3, -0.25) is 10.1 Å². The zero-order valence-electron chi connectivity index (χ0n) is 11.4. The van der Waals surface area contributed by atoms with Crippen molar-refractivity contribution in [2.45, 2.75) is 0 Å². The molecule has 8 heteroatoms. The van der Waals surface area contributed by atoms with Crippen LogP contribution in [0.25, 0.3) is 16.6 Å². The minimum atomic E-state index is -0.493. The molecule has 0 atom stereocenters. The monoisotopic (exact) mass is 301 g/mol. The number of aromatic nitrogens is 2. The van der Waals surface area contributed by atoms with Gasteiger partial charge in [0.05, 0.1) is 17.5 Å². The predicted molar refractivity (Wildman–Crippen MR) is 77.6 cm³/mol. The van der Waals surface area contributed by atoms with Crippen molar-refractivity contribution in [1.82, 2.24) is 9.78 Å². The smallest absolute Gasteiger partial charge is 0.270 e. The lowest BCUT2D eigenvalue weighted by atomic mass is 10.2. The van der Waals surface area contributed by atoms with Gasteiger partial charge in [0.1, 0.15) is 11.4 Å². The first-order valence-corrected chi connectivity index (χ1v) is 6.24. The maximum absolute atomic E-state index is 10.8. The van der Waals surface area contributed by atoms with Crippen molar-refractivity contribution in [3.8, 4) is 22.9 Å². The van der Waals surface area contributed by atoms with Crippen molar-refractivity contribution >= 4 is 16.6 Å². The number of non-ortho nitro benzene ring substituents is 1. The van der Waals surface area contributed by atoms with Crippen molar-refractivity contribution in [2.24, 2.45) is 0 Å². The number of benzene rings is 2. The topological polar surface area (TPSA) is 111 Å². The summed E-state index contributed by atoms with van der Waals surface area (Å²) in [6.07, 6.45) is 1.53. The molecule has 1 aromatic heterocycles. The van der Waals surface area contributed by atoms with E-state index in [2.05, 4.69) is 5.10 Å². The summed E-state index contributed by atoms with van der Waals surface area (Å²) in [7, 11) is 1.37. The van der Waals surface area contributed by atoms with Crippen LogP contribution in [-0.2, 0) is 0 Å². The number of rotatable bonds is 3. The van der Waals surface area contributed by atoms with Crippen molar-refractivity contribution in [1.29, 1.82) is 0 Å². The molecular weight excluding hydrogens is 290 g/mol. The second-order valence-corrected chi connectivity index (χ2v) is 4.59. The van der Waals surface area contributed by atoms with Crippen LogP contribution < -0.4 is 4.74 Å². The van der Waals surface area contributed by atoms with Crippen LogP contribution in [0.4, 0.5) is 5.69 Å². The molecule has 112 valence electrons. The fourth-order valence-corrected chi connectivity index (χ4v) is 2.14. The van der Waals surface area contributed by atoms with Gasteiger partial charge >= 0.3 is 0 Å². The van der Waals surface area contributed by atoms with Crippen molar-refractivity contribution in [3.63, 3.8) is 0 Å². The van der Waals surface area contributed by atoms with Crippen LogP contribution in [0.2, 0.25) is 0 Å². The van der Waals surface area contributed by atoms with E-state index in [0.29, 0.717) is 10.9 Å². The standard InChI is InChI=1S/C14H11N3O5/c1-22-14-6-12(18)11(5-13(14)19)16-7-8-4-9(17(20)21)2-3-10(8)15-16/h2-7,18-19H,1H3. The lowest BCUT2D eigenvalue weighted by Crippen LogP contribution is -1.95. The fourth-order valence-electron chi connectivity index (χ4n) is 2.14. The molecule has 8 nitrogen and oxygen atoms in total. The Balaban J connectivity index is 2.14. The number of hydrogen-bond donors (Lipinski definition) is 2. The zero-order chi connectivity index (χ0) is 15.9. The van der Waals surface area contributed by atoms with Crippen LogP contribution in [0.5, 0.6) is 17.2 Å². The second-order valence-electron chi connectivity index (χ2n) is 4.59. The molecule has 0 aliphatic rings. The Bertz CT molecular complexity index is 888. The summed E-state index contributed by atoms with van der Waals surface area (Å²) in [6, 6.07) is 6.82. The number of phenolic OH excluding ortho intramolecular Hbond substituents is 2. The number of nitro benzene ring substituents is 1. The number of fused-ring (bicyclic) bond motifs is 1. The van der Waals surface area contributed by atoms with Crippen LogP contribution in [-0.4, -0.2) is 32.0 Å². The van der Waals surface area contributed by atoms with Crippen LogP contribution in [0.3, 0.4) is 0 Å². The highest BCUT2D eigenvalue weighted by atomic mass is 16.6. The molecule has 0 fully saturated rings. The molecule has 0 aliphatic carbocycles. The van der Waals surface area contributed by atoms with E-state index in [0.717, 1.165) is 0 Å². The first-order chi connectivity index (χ1) is 10.5. The summed E-state index contributed by atoms with van der Waals surface area (Å²) >= 11 is 0. The number of ether oxygens (including phenoxy) is 1. The van der Waals surface area contributed by atoms with Gasteiger partial charge in [0.2, 0.25) is 0 Å². The van der Waals surface area contributed by atoms with E-state index in [1.165, 1.54) is 48.3 Å². The molecule has 0 spiro atoms. The molecule has 0 saturated heterocycles. The molecule has 0 aliphatic heterocycles. The quantitative estimate of drug-likeness (QED) is 0.436. The number of aromatic hydroxyl groups is 2. The Morgan fingerprint density at radius 1 is 1.23 bits per heavy atom. The summed E-state index contributed by atoms with van der Waals surface area (Å²) in [4.78, 5) is 10.3. The van der Waals surface area contributed by atoms with E-state index < -0.39 is 4.92 Å². The van der Waals surface area contributed by atoms with Crippen LogP contribution in [0.15, 0.2) is 36.5 Å². The maximum atomic E-state index is 10.8. The van der Waals surface area contributed by atoms with Crippen molar-refractivity contribution in [2.75, 3.05) is 7.11 Å². The summed E-state index contributed by atoms with van der Waals surface area (Å²) in [6.45, 7) is 0. The van der Waals surface area contributed by atoms with Gasteiger partial charge in [0.15, 0.2) is 11.5 Å². The van der Waals surface area contributed by atoms with Gasteiger partial charge in [-0.15, -0.1) is 0 Å². The van der Waals surface area contributed by atoms with Crippen LogP contribution in [0.1, 0.15) is 0 Å². The minimum Gasteiger partial charge on any atom is -0.506 e.